The van der Waals surface area contributed by atoms with E-state index in [0.717, 1.165) is 24.1 Å². The topological polar surface area (TPSA) is 73.7 Å². The van der Waals surface area contributed by atoms with Gasteiger partial charge >= 0.3 is 0 Å². The van der Waals surface area contributed by atoms with Crippen LogP contribution in [0.5, 0.6) is 5.75 Å². The SMILES string of the molecule is C=C(/C=C\C(=NC)c1ccc(/C=C/C(=O)NC2CC2)cc1O)NC. The molecule has 0 bridgehead atoms. The molecule has 0 unspecified atom stereocenters. The highest BCUT2D eigenvalue weighted by molar-refractivity contribution is 6.10. The van der Waals surface area contributed by atoms with Crippen molar-refractivity contribution >= 4 is 17.7 Å². The van der Waals surface area contributed by atoms with Crippen LogP contribution < -0.4 is 10.6 Å². The Labute approximate surface area is 142 Å². The molecule has 0 aliphatic heterocycles. The Balaban J connectivity index is 2.10. The fraction of sp³-hybridized carbons (Fsp3) is 0.263. The molecule has 3 N–H and O–H groups in total. The summed E-state index contributed by atoms with van der Waals surface area (Å²) in [4.78, 5) is 15.8. The van der Waals surface area contributed by atoms with Gasteiger partial charge in [0, 0.05) is 37.5 Å². The van der Waals surface area contributed by atoms with Gasteiger partial charge in [0.05, 0.1) is 5.71 Å². The smallest absolute Gasteiger partial charge is 0.244 e. The zero-order chi connectivity index (χ0) is 17.5. The van der Waals surface area contributed by atoms with Gasteiger partial charge in [0.25, 0.3) is 0 Å². The Hall–Kier alpha value is -2.82. The zero-order valence-electron chi connectivity index (χ0n) is 14.0. The van der Waals surface area contributed by atoms with Crippen LogP contribution >= 0.6 is 0 Å². The Bertz CT molecular complexity index is 713. The van der Waals surface area contributed by atoms with E-state index in [9.17, 15) is 9.90 Å². The van der Waals surface area contributed by atoms with E-state index in [2.05, 4.69) is 22.2 Å². The summed E-state index contributed by atoms with van der Waals surface area (Å²) in [5.74, 6) is 0.00505. The van der Waals surface area contributed by atoms with Crippen LogP contribution in [0.25, 0.3) is 6.08 Å². The van der Waals surface area contributed by atoms with Crippen LogP contribution in [-0.4, -0.2) is 36.9 Å². The minimum absolute atomic E-state index is 0.106. The quantitative estimate of drug-likeness (QED) is 0.409. The van der Waals surface area contributed by atoms with Gasteiger partial charge in [-0.2, -0.15) is 0 Å². The third-order valence-electron chi connectivity index (χ3n) is 3.65. The Morgan fingerprint density at radius 2 is 2.08 bits per heavy atom. The second-order valence-electron chi connectivity index (χ2n) is 5.61. The maximum atomic E-state index is 11.6. The molecule has 0 atom stereocenters. The van der Waals surface area contributed by atoms with Crippen molar-refractivity contribution in [1.82, 2.24) is 10.6 Å². The van der Waals surface area contributed by atoms with Crippen LogP contribution in [-0.2, 0) is 4.79 Å². The molecular weight excluding hydrogens is 302 g/mol. The normalized spacial score (nSPS) is 15.0. The number of phenolic OH excluding ortho intramolecular Hbond substituents is 1. The van der Waals surface area contributed by atoms with Crippen molar-refractivity contribution in [1.29, 1.82) is 0 Å². The lowest BCUT2D eigenvalue weighted by atomic mass is 10.0. The number of rotatable bonds is 7. The van der Waals surface area contributed by atoms with Gasteiger partial charge in [-0.05, 0) is 48.8 Å². The van der Waals surface area contributed by atoms with E-state index in [-0.39, 0.29) is 11.7 Å². The lowest BCUT2D eigenvalue weighted by Crippen LogP contribution is -2.22. The highest BCUT2D eigenvalue weighted by atomic mass is 16.3. The van der Waals surface area contributed by atoms with Crippen LogP contribution in [0.3, 0.4) is 0 Å². The number of nitrogens with zero attached hydrogens (tertiary/aromatic N) is 1. The summed E-state index contributed by atoms with van der Waals surface area (Å²) >= 11 is 0. The molecule has 1 aliphatic rings. The summed E-state index contributed by atoms with van der Waals surface area (Å²) in [5, 5.41) is 16.0. The van der Waals surface area contributed by atoms with Gasteiger partial charge < -0.3 is 15.7 Å². The van der Waals surface area contributed by atoms with Gasteiger partial charge in [0.1, 0.15) is 5.75 Å². The first-order valence-corrected chi connectivity index (χ1v) is 7.87. The molecule has 1 aromatic rings. The highest BCUT2D eigenvalue weighted by Gasteiger charge is 2.22. The number of nitrogens with one attached hydrogen (secondary N) is 2. The molecule has 0 heterocycles. The van der Waals surface area contributed by atoms with E-state index < -0.39 is 0 Å². The summed E-state index contributed by atoms with van der Waals surface area (Å²) in [6.45, 7) is 3.81. The second kappa shape index (κ2) is 8.15. The van der Waals surface area contributed by atoms with Crippen molar-refractivity contribution in [2.75, 3.05) is 14.1 Å². The molecule has 126 valence electrons. The number of phenols is 1. The van der Waals surface area contributed by atoms with Crippen LogP contribution in [0.2, 0.25) is 0 Å². The summed E-state index contributed by atoms with van der Waals surface area (Å²) < 4.78 is 0. The molecule has 0 aromatic heterocycles. The molecule has 0 radical (unpaired) electrons. The van der Waals surface area contributed by atoms with Crippen LogP contribution in [0.4, 0.5) is 0 Å². The molecule has 0 saturated heterocycles. The van der Waals surface area contributed by atoms with Crippen molar-refractivity contribution < 1.29 is 9.90 Å². The minimum Gasteiger partial charge on any atom is -0.507 e. The number of hydrogen-bond donors (Lipinski definition) is 3. The van der Waals surface area contributed by atoms with Crippen molar-refractivity contribution in [3.63, 3.8) is 0 Å². The zero-order valence-corrected chi connectivity index (χ0v) is 14.0. The lowest BCUT2D eigenvalue weighted by Gasteiger charge is -2.06. The number of benzene rings is 1. The summed E-state index contributed by atoms with van der Waals surface area (Å²) in [7, 11) is 3.45. The van der Waals surface area contributed by atoms with Crippen LogP contribution in [0.15, 0.2) is 53.7 Å². The number of allylic oxidation sites excluding steroid dienone is 2. The predicted octanol–water partition coefficient (Wildman–Crippen LogP) is 2.39. The van der Waals surface area contributed by atoms with Gasteiger partial charge in [0.2, 0.25) is 5.91 Å². The highest BCUT2D eigenvalue weighted by Crippen LogP contribution is 2.22. The number of carbonyl (C=O) groups is 1. The van der Waals surface area contributed by atoms with Crippen molar-refractivity contribution in [3.05, 3.63) is 59.8 Å². The first-order chi connectivity index (χ1) is 11.5. The largest absolute Gasteiger partial charge is 0.507 e. The summed E-state index contributed by atoms with van der Waals surface area (Å²) in [6, 6.07) is 5.56. The van der Waals surface area contributed by atoms with Gasteiger partial charge in [-0.1, -0.05) is 12.6 Å². The van der Waals surface area contributed by atoms with E-state index in [1.165, 1.54) is 6.08 Å². The van der Waals surface area contributed by atoms with Gasteiger partial charge in [-0.15, -0.1) is 0 Å². The third-order valence-corrected chi connectivity index (χ3v) is 3.65. The molecule has 1 aliphatic carbocycles. The molecule has 0 spiro atoms. The predicted molar refractivity (Wildman–Crippen MR) is 98.1 cm³/mol. The third kappa shape index (κ3) is 5.12. The van der Waals surface area contributed by atoms with Gasteiger partial charge in [-0.3, -0.25) is 9.79 Å². The number of carbonyl (C=O) groups excluding carboxylic acids is 1. The maximum absolute atomic E-state index is 11.6. The van der Waals surface area contributed by atoms with Gasteiger partial charge in [0.15, 0.2) is 0 Å². The van der Waals surface area contributed by atoms with Gasteiger partial charge in [-0.25, -0.2) is 0 Å². The number of likely N-dealkylation sites (N-methyl/N-ethyl adjacent to an activating group) is 1. The fourth-order valence-electron chi connectivity index (χ4n) is 2.07. The summed E-state index contributed by atoms with van der Waals surface area (Å²) in [5.41, 5.74) is 2.77. The number of aromatic hydroxyl groups is 1. The Morgan fingerprint density at radius 1 is 1.33 bits per heavy atom. The molecule has 1 fully saturated rings. The van der Waals surface area contributed by atoms with E-state index in [1.807, 2.05) is 6.07 Å². The molecule has 2 rings (SSSR count). The molecule has 5 nitrogen and oxygen atoms in total. The van der Waals surface area contributed by atoms with Crippen molar-refractivity contribution in [2.24, 2.45) is 4.99 Å². The molecule has 1 aromatic carbocycles. The monoisotopic (exact) mass is 325 g/mol. The number of aliphatic imine (C=N–C) groups is 1. The van der Waals surface area contributed by atoms with E-state index in [0.29, 0.717) is 17.3 Å². The molecular formula is C19H23N3O2. The lowest BCUT2D eigenvalue weighted by molar-refractivity contribution is -0.116. The fourth-order valence-corrected chi connectivity index (χ4v) is 2.07. The Morgan fingerprint density at radius 3 is 2.67 bits per heavy atom. The average molecular weight is 325 g/mol. The molecule has 1 amide bonds. The first-order valence-electron chi connectivity index (χ1n) is 7.87. The summed E-state index contributed by atoms with van der Waals surface area (Å²) in [6.07, 6.45) is 8.86. The average Bonchev–Trinajstić information content (AvgIpc) is 3.38. The standard InChI is InChI=1S/C19H23N3O2/c1-13(20-2)4-10-17(21-3)16-9-5-14(12-18(16)23)6-11-19(24)22-15-7-8-15/h4-6,9-12,15,20,23H,1,7-8H2,2-3H3,(H,22,24)/b10-4-,11-6+,21-17?. The number of amides is 1. The molecule has 5 heteroatoms. The molecule has 24 heavy (non-hydrogen) atoms. The van der Waals surface area contributed by atoms with Crippen LogP contribution in [0.1, 0.15) is 24.0 Å². The van der Waals surface area contributed by atoms with E-state index in [4.69, 9.17) is 0 Å². The van der Waals surface area contributed by atoms with E-state index in [1.54, 1.807) is 44.5 Å². The Kier molecular flexibility index (Phi) is 5.95. The minimum atomic E-state index is -0.106. The maximum Gasteiger partial charge on any atom is 0.244 e. The van der Waals surface area contributed by atoms with E-state index >= 15 is 0 Å². The second-order valence-corrected chi connectivity index (χ2v) is 5.61. The van der Waals surface area contributed by atoms with Crippen LogP contribution in [0, 0.1) is 0 Å². The number of hydrogen-bond acceptors (Lipinski definition) is 4. The first kappa shape index (κ1) is 17.5. The van der Waals surface area contributed by atoms with Crippen molar-refractivity contribution in [3.8, 4) is 5.75 Å². The van der Waals surface area contributed by atoms with Crippen molar-refractivity contribution in [2.45, 2.75) is 18.9 Å². The molecule has 1 saturated carbocycles.